The Morgan fingerprint density at radius 2 is 2.11 bits per heavy atom. The molecule has 0 spiro atoms. The molecule has 4 heteroatoms. The van der Waals surface area contributed by atoms with Crippen molar-refractivity contribution in [2.45, 2.75) is 38.3 Å². The molecule has 2 atom stereocenters. The average molecular weight is 243 g/mol. The van der Waals surface area contributed by atoms with Crippen molar-refractivity contribution in [1.82, 2.24) is 15.5 Å². The van der Waals surface area contributed by atoms with Crippen molar-refractivity contribution in [3.05, 3.63) is 47.6 Å². The third kappa shape index (κ3) is 2.16. The molecule has 0 fully saturated rings. The molecule has 1 aromatic heterocycles. The minimum absolute atomic E-state index is 0.399. The van der Waals surface area contributed by atoms with E-state index in [0.717, 1.165) is 6.42 Å². The minimum atomic E-state index is 0.399. The Labute approximate surface area is 106 Å². The number of nitrogens with one attached hydrogen (secondary N) is 1. The minimum Gasteiger partial charge on any atom is -0.343 e. The number of benzene rings is 1. The van der Waals surface area contributed by atoms with Gasteiger partial charge in [0, 0.05) is 6.04 Å². The molecular weight excluding hydrogens is 226 g/mol. The number of aromatic nitrogens is 2. The zero-order valence-electron chi connectivity index (χ0n) is 10.5. The van der Waals surface area contributed by atoms with Crippen LogP contribution >= 0.6 is 0 Å². The zero-order chi connectivity index (χ0) is 12.4. The van der Waals surface area contributed by atoms with Gasteiger partial charge in [-0.1, -0.05) is 36.3 Å². The van der Waals surface area contributed by atoms with Gasteiger partial charge >= 0.3 is 0 Å². The number of fused-ring (bicyclic) bond motifs is 1. The van der Waals surface area contributed by atoms with E-state index in [-0.39, 0.29) is 0 Å². The fraction of sp³-hybridized carbons (Fsp3) is 0.429. The molecule has 2 aromatic rings. The Hall–Kier alpha value is -1.68. The molecule has 1 aromatic carbocycles. The lowest BCUT2D eigenvalue weighted by atomic mass is 9.81. The van der Waals surface area contributed by atoms with Crippen LogP contribution in [0.4, 0.5) is 0 Å². The molecule has 0 aliphatic heterocycles. The van der Waals surface area contributed by atoms with E-state index in [1.807, 2.05) is 0 Å². The maximum absolute atomic E-state index is 4.74. The Kier molecular flexibility index (Phi) is 3.11. The van der Waals surface area contributed by atoms with E-state index in [1.54, 1.807) is 0 Å². The first-order valence-electron chi connectivity index (χ1n) is 6.42. The number of hydrogen-bond acceptors (Lipinski definition) is 4. The summed E-state index contributed by atoms with van der Waals surface area (Å²) in [5.41, 5.74) is 2.88. The van der Waals surface area contributed by atoms with Gasteiger partial charge in [-0.05, 0) is 29.9 Å². The SMILES string of the molecule is CC1CCC(NCc2ncon2)c2ccccc21. The van der Waals surface area contributed by atoms with Crippen LogP contribution in [0.5, 0.6) is 0 Å². The molecule has 1 N–H and O–H groups in total. The van der Waals surface area contributed by atoms with E-state index in [2.05, 4.69) is 46.6 Å². The van der Waals surface area contributed by atoms with Gasteiger partial charge in [-0.2, -0.15) is 4.98 Å². The predicted molar refractivity (Wildman–Crippen MR) is 68.0 cm³/mol. The maximum Gasteiger partial charge on any atom is 0.213 e. The van der Waals surface area contributed by atoms with Crippen molar-refractivity contribution >= 4 is 0 Å². The Balaban J connectivity index is 1.76. The number of hydrogen-bond donors (Lipinski definition) is 1. The monoisotopic (exact) mass is 243 g/mol. The second-order valence-electron chi connectivity index (χ2n) is 4.89. The first kappa shape index (κ1) is 11.4. The van der Waals surface area contributed by atoms with Crippen LogP contribution in [-0.4, -0.2) is 10.1 Å². The highest BCUT2D eigenvalue weighted by Crippen LogP contribution is 2.36. The summed E-state index contributed by atoms with van der Waals surface area (Å²) in [7, 11) is 0. The van der Waals surface area contributed by atoms with Gasteiger partial charge in [0.2, 0.25) is 6.39 Å². The van der Waals surface area contributed by atoms with Crippen LogP contribution in [-0.2, 0) is 6.54 Å². The highest BCUT2D eigenvalue weighted by molar-refractivity contribution is 5.34. The van der Waals surface area contributed by atoms with Gasteiger partial charge in [0.1, 0.15) is 0 Å². The molecule has 0 saturated carbocycles. The van der Waals surface area contributed by atoms with Gasteiger partial charge in [-0.25, -0.2) is 0 Å². The summed E-state index contributed by atoms with van der Waals surface area (Å²) in [4.78, 5) is 4.03. The lowest BCUT2D eigenvalue weighted by molar-refractivity contribution is 0.394. The molecule has 18 heavy (non-hydrogen) atoms. The second-order valence-corrected chi connectivity index (χ2v) is 4.89. The van der Waals surface area contributed by atoms with E-state index < -0.39 is 0 Å². The lowest BCUT2D eigenvalue weighted by Crippen LogP contribution is -2.26. The van der Waals surface area contributed by atoms with E-state index in [9.17, 15) is 0 Å². The summed E-state index contributed by atoms with van der Waals surface area (Å²) in [5.74, 6) is 1.37. The fourth-order valence-corrected chi connectivity index (χ4v) is 2.70. The molecular formula is C14H17N3O. The molecule has 3 rings (SSSR count). The first-order chi connectivity index (χ1) is 8.84. The van der Waals surface area contributed by atoms with Crippen LogP contribution in [0.1, 0.15) is 48.7 Å². The van der Waals surface area contributed by atoms with E-state index in [4.69, 9.17) is 4.52 Å². The predicted octanol–water partition coefficient (Wildman–Crippen LogP) is 2.80. The van der Waals surface area contributed by atoms with Gasteiger partial charge in [-0.3, -0.25) is 0 Å². The zero-order valence-corrected chi connectivity index (χ0v) is 10.5. The Bertz CT molecular complexity index is 510. The third-order valence-electron chi connectivity index (χ3n) is 3.70. The van der Waals surface area contributed by atoms with Crippen LogP contribution in [0.3, 0.4) is 0 Å². The largest absolute Gasteiger partial charge is 0.343 e. The fourth-order valence-electron chi connectivity index (χ4n) is 2.70. The van der Waals surface area contributed by atoms with Crippen LogP contribution in [0.2, 0.25) is 0 Å². The van der Waals surface area contributed by atoms with Gasteiger partial charge < -0.3 is 9.84 Å². The molecule has 1 heterocycles. The Morgan fingerprint density at radius 3 is 2.89 bits per heavy atom. The summed E-state index contributed by atoms with van der Waals surface area (Å²) in [6.07, 6.45) is 3.75. The summed E-state index contributed by atoms with van der Waals surface area (Å²) in [6.45, 7) is 2.96. The molecule has 2 unspecified atom stereocenters. The van der Waals surface area contributed by atoms with Gasteiger partial charge in [0.05, 0.1) is 6.54 Å². The van der Waals surface area contributed by atoms with E-state index >= 15 is 0 Å². The van der Waals surface area contributed by atoms with Crippen LogP contribution < -0.4 is 5.32 Å². The van der Waals surface area contributed by atoms with Crippen molar-refractivity contribution in [2.24, 2.45) is 0 Å². The molecule has 94 valence electrons. The van der Waals surface area contributed by atoms with Crippen molar-refractivity contribution in [2.75, 3.05) is 0 Å². The van der Waals surface area contributed by atoms with Crippen molar-refractivity contribution in [1.29, 1.82) is 0 Å². The van der Waals surface area contributed by atoms with Gasteiger partial charge in [0.15, 0.2) is 5.82 Å². The topological polar surface area (TPSA) is 51.0 Å². The standard InChI is InChI=1S/C14H17N3O/c1-10-6-7-13(12-5-3-2-4-11(10)12)15-8-14-16-9-18-17-14/h2-5,9-10,13,15H,6-8H2,1H3. The molecule has 1 aliphatic carbocycles. The van der Waals surface area contributed by atoms with Crippen molar-refractivity contribution < 1.29 is 4.52 Å². The lowest BCUT2D eigenvalue weighted by Gasteiger charge is -2.30. The molecule has 0 amide bonds. The Morgan fingerprint density at radius 1 is 1.28 bits per heavy atom. The smallest absolute Gasteiger partial charge is 0.213 e. The number of nitrogens with zero attached hydrogens (tertiary/aromatic N) is 2. The van der Waals surface area contributed by atoms with Gasteiger partial charge in [-0.15, -0.1) is 0 Å². The normalized spacial score (nSPS) is 22.7. The van der Waals surface area contributed by atoms with Crippen LogP contribution in [0, 0.1) is 0 Å². The third-order valence-corrected chi connectivity index (χ3v) is 3.70. The summed E-state index contributed by atoms with van der Waals surface area (Å²) < 4.78 is 4.74. The molecule has 1 aliphatic rings. The first-order valence-corrected chi connectivity index (χ1v) is 6.42. The second kappa shape index (κ2) is 4.90. The number of rotatable bonds is 3. The molecule has 0 radical (unpaired) electrons. The van der Waals surface area contributed by atoms with Crippen LogP contribution in [0.15, 0.2) is 35.2 Å². The van der Waals surface area contributed by atoms with Crippen molar-refractivity contribution in [3.63, 3.8) is 0 Å². The van der Waals surface area contributed by atoms with E-state index in [0.29, 0.717) is 24.3 Å². The molecule has 0 saturated heterocycles. The summed E-state index contributed by atoms with van der Waals surface area (Å²) >= 11 is 0. The van der Waals surface area contributed by atoms with Crippen molar-refractivity contribution in [3.8, 4) is 0 Å². The molecule has 4 nitrogen and oxygen atoms in total. The summed E-state index contributed by atoms with van der Waals surface area (Å²) in [5, 5.41) is 7.34. The highest BCUT2D eigenvalue weighted by atomic mass is 16.5. The van der Waals surface area contributed by atoms with Crippen LogP contribution in [0.25, 0.3) is 0 Å². The van der Waals surface area contributed by atoms with E-state index in [1.165, 1.54) is 23.9 Å². The highest BCUT2D eigenvalue weighted by Gasteiger charge is 2.23. The molecule has 0 bridgehead atoms. The van der Waals surface area contributed by atoms with Gasteiger partial charge in [0.25, 0.3) is 0 Å². The summed E-state index contributed by atoms with van der Waals surface area (Å²) in [6, 6.07) is 9.09. The quantitative estimate of drug-likeness (QED) is 0.900. The maximum atomic E-state index is 4.74. The average Bonchev–Trinajstić information content (AvgIpc) is 2.92.